The fourth-order valence-corrected chi connectivity index (χ4v) is 1.54. The first-order chi connectivity index (χ1) is 14.5. The van der Waals surface area contributed by atoms with Gasteiger partial charge in [-0.2, -0.15) is 0 Å². The summed E-state index contributed by atoms with van der Waals surface area (Å²) in [5, 5.41) is 32.5. The van der Waals surface area contributed by atoms with E-state index in [9.17, 15) is 14.4 Å². The Labute approximate surface area is 169 Å². The van der Waals surface area contributed by atoms with Crippen LogP contribution in [0.1, 0.15) is 30.8 Å². The summed E-state index contributed by atoms with van der Waals surface area (Å²) in [4.78, 5) is 34.0. The molecule has 0 heterocycles. The highest BCUT2D eigenvalue weighted by Crippen LogP contribution is 2.22. The van der Waals surface area contributed by atoms with Crippen molar-refractivity contribution in [1.29, 1.82) is 0 Å². The van der Waals surface area contributed by atoms with Gasteiger partial charge in [0.1, 0.15) is 5.75 Å². The fourth-order valence-electron chi connectivity index (χ4n) is 1.54. The molecule has 28 heavy (non-hydrogen) atoms. The number of aliphatic hydroxyl groups excluding tert-OH is 2. The lowest BCUT2D eigenvalue weighted by molar-refractivity contribution is -0.165. The monoisotopic (exact) mass is 405 g/mol. The Morgan fingerprint density at radius 2 is 1.68 bits per heavy atom. The highest BCUT2D eigenvalue weighted by atomic mass is 16.6. The fraction of sp³-hybridized carbons (Fsp3) is 0.500. The maximum Gasteiger partial charge on any atom is 0.414 e. The molecule has 0 aromatic heterocycles. The van der Waals surface area contributed by atoms with Crippen molar-refractivity contribution in [2.45, 2.75) is 32.0 Å². The standard InChI is InChI=1S/C14H22N2O2.C4H6O6/c1-6-16(5)14(17)18-13-9-7-8-12(10-13)11(2)15(3)4;5-1(3(7)8)2(6)4(9)10/h7-11H,6H2,1-5H3;1-2,5-6H,(H,7,8)(H,9,10)/t11-;/m0./s1/i2+1D3,11D;. The van der Waals surface area contributed by atoms with Crippen molar-refractivity contribution in [2.24, 2.45) is 0 Å². The molecule has 0 aliphatic heterocycles. The number of hydrogen-bond acceptors (Lipinski definition) is 7. The van der Waals surface area contributed by atoms with Gasteiger partial charge in [-0.05, 0) is 45.6 Å². The Hall–Kier alpha value is -2.69. The minimum Gasteiger partial charge on any atom is -0.479 e. The maximum absolute atomic E-state index is 11.8. The zero-order valence-corrected chi connectivity index (χ0v) is 16.0. The summed E-state index contributed by atoms with van der Waals surface area (Å²) in [6, 6.07) is 4.16. The largest absolute Gasteiger partial charge is 0.479 e. The molecule has 1 aromatic carbocycles. The number of benzene rings is 1. The molecular weight excluding hydrogens is 373 g/mol. The molecule has 4 N–H and O–H groups in total. The van der Waals surface area contributed by atoms with Gasteiger partial charge < -0.3 is 35.0 Å². The second kappa shape index (κ2) is 11.9. The third-order valence-corrected chi connectivity index (χ3v) is 3.35. The van der Waals surface area contributed by atoms with Crippen LogP contribution in [0.25, 0.3) is 0 Å². The van der Waals surface area contributed by atoms with E-state index < -0.39 is 43.1 Å². The van der Waals surface area contributed by atoms with Crippen molar-refractivity contribution in [3.63, 3.8) is 0 Å². The molecule has 2 unspecified atom stereocenters. The summed E-state index contributed by atoms with van der Waals surface area (Å²) in [5.41, 5.74) is 0.238. The van der Waals surface area contributed by atoms with Crippen molar-refractivity contribution in [3.05, 3.63) is 29.8 Å². The number of carboxylic acids is 2. The second-order valence-corrected chi connectivity index (χ2v) is 5.72. The second-order valence-electron chi connectivity index (χ2n) is 5.72. The molecule has 1 rings (SSSR count). The zero-order valence-electron chi connectivity index (χ0n) is 20.0. The molecule has 0 radical (unpaired) electrons. The van der Waals surface area contributed by atoms with Crippen LogP contribution in [0.3, 0.4) is 0 Å². The highest BCUT2D eigenvalue weighted by Gasteiger charge is 2.29. The zero-order chi connectivity index (χ0) is 25.4. The van der Waals surface area contributed by atoms with E-state index in [2.05, 4.69) is 0 Å². The SMILES string of the molecule is O=C(O)C(O)C(O)C(=O)O.[2H][C@](c1cccc(OC(=O)N(C)CC)c1)(N(C)C)[13C]([2H])([2H])[2H]. The smallest absolute Gasteiger partial charge is 0.414 e. The molecule has 158 valence electrons. The predicted molar refractivity (Wildman–Crippen MR) is 100 cm³/mol. The molecule has 0 bridgehead atoms. The molecule has 0 saturated heterocycles. The van der Waals surface area contributed by atoms with Crippen molar-refractivity contribution in [1.82, 2.24) is 9.80 Å². The van der Waals surface area contributed by atoms with Gasteiger partial charge >= 0.3 is 18.0 Å². The van der Waals surface area contributed by atoms with Gasteiger partial charge in [-0.1, -0.05) is 12.1 Å². The summed E-state index contributed by atoms with van der Waals surface area (Å²) in [6.45, 7) is -0.250. The van der Waals surface area contributed by atoms with Crippen LogP contribution < -0.4 is 4.74 Å². The van der Waals surface area contributed by atoms with Crippen LogP contribution in [0.4, 0.5) is 4.79 Å². The van der Waals surface area contributed by atoms with E-state index in [0.29, 0.717) is 6.54 Å². The first-order valence-corrected chi connectivity index (χ1v) is 8.03. The van der Waals surface area contributed by atoms with Crippen molar-refractivity contribution >= 4 is 18.0 Å². The number of rotatable bonds is 7. The Morgan fingerprint density at radius 3 is 2.07 bits per heavy atom. The predicted octanol–water partition coefficient (Wildman–Crippen LogP) is 0.637. The molecule has 10 heteroatoms. The van der Waals surface area contributed by atoms with Gasteiger partial charge in [-0.3, -0.25) is 0 Å². The lowest BCUT2D eigenvalue weighted by Crippen LogP contribution is -2.39. The van der Waals surface area contributed by atoms with Crippen LogP contribution in [0.15, 0.2) is 24.3 Å². The Morgan fingerprint density at radius 1 is 1.14 bits per heavy atom. The van der Waals surface area contributed by atoms with Gasteiger partial charge in [0.15, 0.2) is 12.2 Å². The molecular formula is C18H28N2O8. The maximum atomic E-state index is 11.8. The number of aliphatic carboxylic acids is 2. The first kappa shape index (κ1) is 18.7. The van der Waals surface area contributed by atoms with Gasteiger partial charge in [-0.25, -0.2) is 14.4 Å². The topological polar surface area (TPSA) is 148 Å². The number of ether oxygens (including phenoxy) is 1. The number of amides is 1. The van der Waals surface area contributed by atoms with Crippen molar-refractivity contribution < 1.29 is 45.0 Å². The van der Waals surface area contributed by atoms with Crippen LogP contribution in [0.2, 0.25) is 0 Å². The number of aliphatic hydroxyl groups is 2. The minimum absolute atomic E-state index is 0.213. The molecule has 1 aromatic rings. The third kappa shape index (κ3) is 8.33. The van der Waals surface area contributed by atoms with Gasteiger partial charge in [0.05, 0.1) is 1.37 Å². The summed E-state index contributed by atoms with van der Waals surface area (Å²) >= 11 is 0. The third-order valence-electron chi connectivity index (χ3n) is 3.35. The van der Waals surface area contributed by atoms with Crippen molar-refractivity contribution in [3.8, 4) is 5.75 Å². The van der Waals surface area contributed by atoms with Crippen LogP contribution >= 0.6 is 0 Å². The lowest BCUT2D eigenvalue weighted by atomic mass is 10.1. The van der Waals surface area contributed by atoms with E-state index in [4.69, 9.17) is 30.6 Å². The molecule has 0 spiro atoms. The van der Waals surface area contributed by atoms with Crippen LogP contribution in [-0.2, 0) is 9.59 Å². The normalized spacial score (nSPS) is 17.2. The molecule has 0 saturated carbocycles. The summed E-state index contributed by atoms with van der Waals surface area (Å²) in [5.74, 6) is -3.32. The Balaban J connectivity index is 0.000000809. The number of carbonyl (C=O) groups excluding carboxylic acids is 1. The molecule has 0 aliphatic rings. The number of hydrogen-bond donors (Lipinski definition) is 4. The van der Waals surface area contributed by atoms with Gasteiger partial charge in [0.25, 0.3) is 0 Å². The van der Waals surface area contributed by atoms with E-state index in [1.54, 1.807) is 25.2 Å². The van der Waals surface area contributed by atoms with E-state index in [-0.39, 0.29) is 11.3 Å². The molecule has 1 amide bonds. The summed E-state index contributed by atoms with van der Waals surface area (Å²) in [7, 11) is 4.66. The van der Waals surface area contributed by atoms with E-state index in [0.717, 1.165) is 0 Å². The molecule has 0 fully saturated rings. The number of carbonyl (C=O) groups is 3. The number of carboxylic acid groups (broad SMARTS) is 2. The number of nitrogens with zero attached hydrogens (tertiary/aromatic N) is 2. The molecule has 10 nitrogen and oxygen atoms in total. The van der Waals surface area contributed by atoms with Crippen LogP contribution in [-0.4, -0.2) is 88.2 Å². The van der Waals surface area contributed by atoms with Gasteiger partial charge in [0, 0.05) is 23.7 Å². The van der Waals surface area contributed by atoms with E-state index in [1.165, 1.54) is 30.0 Å². The minimum atomic E-state index is -2.56. The average molecular weight is 405 g/mol. The Kier molecular flexibility index (Phi) is 7.93. The highest BCUT2D eigenvalue weighted by molar-refractivity contribution is 5.83. The Bertz CT molecular complexity index is 787. The molecule has 3 atom stereocenters. The summed E-state index contributed by atoms with van der Waals surface area (Å²) < 4.78 is 36.5. The molecule has 0 aliphatic carbocycles. The van der Waals surface area contributed by atoms with Crippen LogP contribution in [0.5, 0.6) is 5.75 Å². The summed E-state index contributed by atoms with van der Waals surface area (Å²) in [6.07, 6.45) is -5.07. The van der Waals surface area contributed by atoms with Gasteiger partial charge in [-0.15, -0.1) is 0 Å². The van der Waals surface area contributed by atoms with E-state index >= 15 is 0 Å². The van der Waals surface area contributed by atoms with Gasteiger partial charge in [0.2, 0.25) is 0 Å². The van der Waals surface area contributed by atoms with Crippen LogP contribution in [0, 0.1) is 0 Å². The van der Waals surface area contributed by atoms with Crippen molar-refractivity contribution in [2.75, 3.05) is 27.7 Å². The first-order valence-electron chi connectivity index (χ1n) is 10.0. The lowest BCUT2D eigenvalue weighted by Gasteiger charge is -2.21. The van der Waals surface area contributed by atoms with E-state index in [1.807, 2.05) is 6.92 Å². The average Bonchev–Trinajstić information content (AvgIpc) is 2.70. The quantitative estimate of drug-likeness (QED) is 0.480.